The van der Waals surface area contributed by atoms with Gasteiger partial charge in [0, 0.05) is 26.2 Å². The Hall–Kier alpha value is -1.14. The van der Waals surface area contributed by atoms with Gasteiger partial charge in [0.25, 0.3) is 0 Å². The lowest BCUT2D eigenvalue weighted by molar-refractivity contribution is 0.133. The SMILES string of the molecule is Clc1nc(NCCOCC2CC2)nc(N2CCCC2)n1. The van der Waals surface area contributed by atoms with Crippen molar-refractivity contribution in [3.63, 3.8) is 0 Å². The van der Waals surface area contributed by atoms with Gasteiger partial charge in [-0.2, -0.15) is 15.0 Å². The van der Waals surface area contributed by atoms with Crippen molar-refractivity contribution in [2.45, 2.75) is 25.7 Å². The summed E-state index contributed by atoms with van der Waals surface area (Å²) in [7, 11) is 0. The van der Waals surface area contributed by atoms with Gasteiger partial charge in [-0.05, 0) is 43.2 Å². The van der Waals surface area contributed by atoms with E-state index in [2.05, 4.69) is 25.2 Å². The number of rotatable bonds is 7. The number of nitrogens with one attached hydrogen (secondary N) is 1. The first-order valence-corrected chi connectivity index (χ1v) is 7.67. The van der Waals surface area contributed by atoms with Crippen LogP contribution in [0.2, 0.25) is 5.28 Å². The molecule has 1 saturated heterocycles. The lowest BCUT2D eigenvalue weighted by Crippen LogP contribution is -2.22. The summed E-state index contributed by atoms with van der Waals surface area (Å²) in [6, 6.07) is 0. The van der Waals surface area contributed by atoms with E-state index in [9.17, 15) is 0 Å². The monoisotopic (exact) mass is 297 g/mol. The van der Waals surface area contributed by atoms with Gasteiger partial charge in [0.2, 0.25) is 17.2 Å². The summed E-state index contributed by atoms with van der Waals surface area (Å²) in [5.41, 5.74) is 0. The van der Waals surface area contributed by atoms with Crippen molar-refractivity contribution in [3.8, 4) is 0 Å². The normalized spacial score (nSPS) is 18.6. The van der Waals surface area contributed by atoms with Gasteiger partial charge in [-0.3, -0.25) is 0 Å². The second kappa shape index (κ2) is 6.54. The molecule has 1 aliphatic carbocycles. The van der Waals surface area contributed by atoms with Crippen molar-refractivity contribution < 1.29 is 4.74 Å². The Bertz CT molecular complexity index is 448. The van der Waals surface area contributed by atoms with Crippen LogP contribution in [0.25, 0.3) is 0 Å². The molecule has 0 atom stereocenters. The van der Waals surface area contributed by atoms with Gasteiger partial charge < -0.3 is 15.0 Å². The number of anilines is 2. The number of ether oxygens (including phenoxy) is 1. The molecule has 1 saturated carbocycles. The maximum absolute atomic E-state index is 5.96. The molecule has 7 heteroatoms. The molecular weight excluding hydrogens is 278 g/mol. The first kappa shape index (κ1) is 13.8. The van der Waals surface area contributed by atoms with Crippen molar-refractivity contribution in [1.82, 2.24) is 15.0 Å². The molecule has 1 N–H and O–H groups in total. The summed E-state index contributed by atoms with van der Waals surface area (Å²) >= 11 is 5.96. The zero-order chi connectivity index (χ0) is 13.8. The quantitative estimate of drug-likeness (QED) is 0.776. The Morgan fingerprint density at radius 2 is 2.00 bits per heavy atom. The van der Waals surface area contributed by atoms with E-state index in [4.69, 9.17) is 16.3 Å². The average molecular weight is 298 g/mol. The fourth-order valence-electron chi connectivity index (χ4n) is 2.25. The highest BCUT2D eigenvalue weighted by molar-refractivity contribution is 6.28. The fraction of sp³-hybridized carbons (Fsp3) is 0.769. The summed E-state index contributed by atoms with van der Waals surface area (Å²) in [5.74, 6) is 1.99. The molecule has 20 heavy (non-hydrogen) atoms. The third-order valence-electron chi connectivity index (χ3n) is 3.57. The molecule has 0 unspecified atom stereocenters. The zero-order valence-corrected chi connectivity index (χ0v) is 12.3. The third kappa shape index (κ3) is 3.93. The standard InChI is InChI=1S/C13H20ClN5O/c14-11-16-12(15-5-8-20-9-10-3-4-10)18-13(17-11)19-6-1-2-7-19/h10H,1-9H2,(H,15,16,17,18). The van der Waals surface area contributed by atoms with Crippen molar-refractivity contribution in [2.24, 2.45) is 5.92 Å². The van der Waals surface area contributed by atoms with Crippen LogP contribution in [0, 0.1) is 5.92 Å². The van der Waals surface area contributed by atoms with Crippen molar-refractivity contribution in [2.75, 3.05) is 43.1 Å². The van der Waals surface area contributed by atoms with Gasteiger partial charge in [0.05, 0.1) is 6.61 Å². The Morgan fingerprint density at radius 1 is 1.20 bits per heavy atom. The van der Waals surface area contributed by atoms with Crippen molar-refractivity contribution in [1.29, 1.82) is 0 Å². The largest absolute Gasteiger partial charge is 0.379 e. The molecule has 0 amide bonds. The molecule has 0 bridgehead atoms. The van der Waals surface area contributed by atoms with E-state index in [1.165, 1.54) is 25.7 Å². The smallest absolute Gasteiger partial charge is 0.231 e. The molecule has 1 aliphatic heterocycles. The highest BCUT2D eigenvalue weighted by Crippen LogP contribution is 2.28. The summed E-state index contributed by atoms with van der Waals surface area (Å²) in [6.07, 6.45) is 4.99. The van der Waals surface area contributed by atoms with Gasteiger partial charge in [0.1, 0.15) is 0 Å². The van der Waals surface area contributed by atoms with Crippen LogP contribution in [0.3, 0.4) is 0 Å². The molecule has 0 radical (unpaired) electrons. The molecule has 1 aromatic rings. The molecule has 6 nitrogen and oxygen atoms in total. The minimum absolute atomic E-state index is 0.239. The maximum Gasteiger partial charge on any atom is 0.231 e. The Balaban J connectivity index is 1.49. The summed E-state index contributed by atoms with van der Waals surface area (Å²) < 4.78 is 5.56. The van der Waals surface area contributed by atoms with Gasteiger partial charge in [-0.25, -0.2) is 0 Å². The van der Waals surface area contributed by atoms with Crippen LogP contribution in [0.15, 0.2) is 0 Å². The highest BCUT2D eigenvalue weighted by atomic mass is 35.5. The molecule has 110 valence electrons. The predicted octanol–water partition coefficient (Wildman–Crippen LogP) is 1.96. The van der Waals surface area contributed by atoms with E-state index in [-0.39, 0.29) is 5.28 Å². The van der Waals surface area contributed by atoms with Crippen LogP contribution in [0.4, 0.5) is 11.9 Å². The topological polar surface area (TPSA) is 63.2 Å². The third-order valence-corrected chi connectivity index (χ3v) is 3.73. The van der Waals surface area contributed by atoms with Crippen LogP contribution in [0.5, 0.6) is 0 Å². The summed E-state index contributed by atoms with van der Waals surface area (Å²) in [6.45, 7) is 4.21. The maximum atomic E-state index is 5.96. The van der Waals surface area contributed by atoms with Crippen LogP contribution in [-0.4, -0.2) is 47.8 Å². The summed E-state index contributed by atoms with van der Waals surface area (Å²) in [4.78, 5) is 14.8. The van der Waals surface area contributed by atoms with E-state index in [1.807, 2.05) is 0 Å². The van der Waals surface area contributed by atoms with Crippen LogP contribution < -0.4 is 10.2 Å². The Labute approximate surface area is 123 Å². The predicted molar refractivity (Wildman–Crippen MR) is 78.3 cm³/mol. The molecule has 2 aliphatic rings. The van der Waals surface area contributed by atoms with E-state index in [0.29, 0.717) is 25.0 Å². The lowest BCUT2D eigenvalue weighted by atomic mass is 10.4. The van der Waals surface area contributed by atoms with Crippen LogP contribution >= 0.6 is 11.6 Å². The molecule has 0 spiro atoms. The molecule has 1 aromatic heterocycles. The van der Waals surface area contributed by atoms with Gasteiger partial charge >= 0.3 is 0 Å². The number of aromatic nitrogens is 3. The Morgan fingerprint density at radius 3 is 2.75 bits per heavy atom. The van der Waals surface area contributed by atoms with E-state index in [1.54, 1.807) is 0 Å². The van der Waals surface area contributed by atoms with Crippen molar-refractivity contribution >= 4 is 23.5 Å². The number of hydrogen-bond donors (Lipinski definition) is 1. The molecule has 2 fully saturated rings. The fourth-order valence-corrected chi connectivity index (χ4v) is 2.40. The number of hydrogen-bond acceptors (Lipinski definition) is 6. The first-order valence-electron chi connectivity index (χ1n) is 7.29. The lowest BCUT2D eigenvalue weighted by Gasteiger charge is -2.15. The minimum atomic E-state index is 0.239. The van der Waals surface area contributed by atoms with Gasteiger partial charge in [0.15, 0.2) is 0 Å². The van der Waals surface area contributed by atoms with E-state index < -0.39 is 0 Å². The van der Waals surface area contributed by atoms with Gasteiger partial charge in [-0.1, -0.05) is 0 Å². The molecule has 3 rings (SSSR count). The highest BCUT2D eigenvalue weighted by Gasteiger charge is 2.21. The molecular formula is C13H20ClN5O. The number of halogens is 1. The second-order valence-corrected chi connectivity index (χ2v) is 5.71. The average Bonchev–Trinajstić information content (AvgIpc) is 3.09. The van der Waals surface area contributed by atoms with Gasteiger partial charge in [-0.15, -0.1) is 0 Å². The Kier molecular flexibility index (Phi) is 4.52. The molecule has 2 heterocycles. The van der Waals surface area contributed by atoms with Crippen LogP contribution in [-0.2, 0) is 4.74 Å². The zero-order valence-electron chi connectivity index (χ0n) is 11.5. The summed E-state index contributed by atoms with van der Waals surface area (Å²) in [5, 5.41) is 3.38. The minimum Gasteiger partial charge on any atom is -0.379 e. The second-order valence-electron chi connectivity index (χ2n) is 5.37. The first-order chi connectivity index (χ1) is 9.81. The van der Waals surface area contributed by atoms with Crippen molar-refractivity contribution in [3.05, 3.63) is 5.28 Å². The number of nitrogens with zero attached hydrogens (tertiary/aromatic N) is 4. The molecule has 0 aromatic carbocycles. The van der Waals surface area contributed by atoms with E-state index >= 15 is 0 Å². The van der Waals surface area contributed by atoms with E-state index in [0.717, 1.165) is 25.6 Å². The van der Waals surface area contributed by atoms with Crippen LogP contribution in [0.1, 0.15) is 25.7 Å².